The van der Waals surface area contributed by atoms with Crippen molar-refractivity contribution in [3.05, 3.63) is 0 Å². The fraction of sp³-hybridized carbons (Fsp3) is 0.833. The molecule has 0 aromatic rings. The standard InChI is InChI=1S/C12H21N3O2/c1-4-12(2,9-13)11(16)14-7-10-8-15(3)5-6-17-10/h10H,4-8H2,1-3H3,(H,14,16). The van der Waals surface area contributed by atoms with Gasteiger partial charge in [0.15, 0.2) is 0 Å². The molecule has 5 nitrogen and oxygen atoms in total. The van der Waals surface area contributed by atoms with Crippen molar-refractivity contribution < 1.29 is 9.53 Å². The molecule has 0 bridgehead atoms. The smallest absolute Gasteiger partial charge is 0.240 e. The molecule has 1 fully saturated rings. The predicted octanol–water partition coefficient (Wildman–Crippen LogP) is 0.373. The minimum atomic E-state index is -0.930. The number of ether oxygens (including phenoxy) is 1. The second-order valence-corrected chi connectivity index (χ2v) is 4.76. The Labute approximate surface area is 103 Å². The maximum absolute atomic E-state index is 11.8. The van der Waals surface area contributed by atoms with Gasteiger partial charge in [-0.1, -0.05) is 6.92 Å². The fourth-order valence-electron chi connectivity index (χ4n) is 1.68. The van der Waals surface area contributed by atoms with E-state index in [-0.39, 0.29) is 12.0 Å². The van der Waals surface area contributed by atoms with Crippen molar-refractivity contribution in [2.75, 3.05) is 33.3 Å². The van der Waals surface area contributed by atoms with E-state index >= 15 is 0 Å². The Hall–Kier alpha value is -1.12. The van der Waals surface area contributed by atoms with Crippen LogP contribution in [-0.4, -0.2) is 50.2 Å². The summed E-state index contributed by atoms with van der Waals surface area (Å²) in [5.41, 5.74) is -0.930. The number of nitrogens with zero attached hydrogens (tertiary/aromatic N) is 2. The lowest BCUT2D eigenvalue weighted by atomic mass is 9.88. The van der Waals surface area contributed by atoms with Crippen molar-refractivity contribution in [1.82, 2.24) is 10.2 Å². The van der Waals surface area contributed by atoms with Gasteiger partial charge in [0, 0.05) is 19.6 Å². The summed E-state index contributed by atoms with van der Waals surface area (Å²) in [4.78, 5) is 14.0. The van der Waals surface area contributed by atoms with E-state index in [0.29, 0.717) is 19.6 Å². The molecule has 17 heavy (non-hydrogen) atoms. The maximum atomic E-state index is 11.8. The Balaban J connectivity index is 2.40. The second-order valence-electron chi connectivity index (χ2n) is 4.76. The number of amides is 1. The summed E-state index contributed by atoms with van der Waals surface area (Å²) in [6, 6.07) is 2.06. The second kappa shape index (κ2) is 5.99. The maximum Gasteiger partial charge on any atom is 0.240 e. The van der Waals surface area contributed by atoms with Crippen molar-refractivity contribution in [2.45, 2.75) is 26.4 Å². The third-order valence-corrected chi connectivity index (χ3v) is 3.29. The molecule has 1 saturated heterocycles. The van der Waals surface area contributed by atoms with Crippen LogP contribution in [0.1, 0.15) is 20.3 Å². The van der Waals surface area contributed by atoms with Gasteiger partial charge in [-0.15, -0.1) is 0 Å². The number of likely N-dealkylation sites (N-methyl/N-ethyl adjacent to an activating group) is 1. The summed E-state index contributed by atoms with van der Waals surface area (Å²) >= 11 is 0. The van der Waals surface area contributed by atoms with E-state index in [1.54, 1.807) is 6.92 Å². The summed E-state index contributed by atoms with van der Waals surface area (Å²) in [7, 11) is 2.03. The van der Waals surface area contributed by atoms with Gasteiger partial charge in [-0.2, -0.15) is 5.26 Å². The van der Waals surface area contributed by atoms with Gasteiger partial charge in [0.05, 0.1) is 18.8 Å². The minimum absolute atomic E-state index is 0.0255. The molecule has 2 atom stereocenters. The van der Waals surface area contributed by atoms with Crippen LogP contribution < -0.4 is 5.32 Å². The zero-order valence-electron chi connectivity index (χ0n) is 10.8. The van der Waals surface area contributed by atoms with Crippen LogP contribution in [-0.2, 0) is 9.53 Å². The summed E-state index contributed by atoms with van der Waals surface area (Å²) < 4.78 is 5.54. The molecule has 0 spiro atoms. The first kappa shape index (κ1) is 13.9. The lowest BCUT2D eigenvalue weighted by Gasteiger charge is -2.30. The zero-order chi connectivity index (χ0) is 12.9. The van der Waals surface area contributed by atoms with Crippen LogP contribution in [0.15, 0.2) is 0 Å². The monoisotopic (exact) mass is 239 g/mol. The Morgan fingerprint density at radius 1 is 1.71 bits per heavy atom. The molecular weight excluding hydrogens is 218 g/mol. The lowest BCUT2D eigenvalue weighted by Crippen LogP contribution is -2.48. The predicted molar refractivity (Wildman–Crippen MR) is 64.3 cm³/mol. The molecular formula is C12H21N3O2. The van der Waals surface area contributed by atoms with Gasteiger partial charge in [0.1, 0.15) is 5.41 Å². The number of nitriles is 1. The lowest BCUT2D eigenvalue weighted by molar-refractivity contribution is -0.128. The van der Waals surface area contributed by atoms with Gasteiger partial charge in [0.2, 0.25) is 5.91 Å². The van der Waals surface area contributed by atoms with Gasteiger partial charge in [-0.3, -0.25) is 4.79 Å². The molecule has 5 heteroatoms. The van der Waals surface area contributed by atoms with Crippen LogP contribution in [0, 0.1) is 16.7 Å². The Morgan fingerprint density at radius 2 is 2.41 bits per heavy atom. The molecule has 96 valence electrons. The highest BCUT2D eigenvalue weighted by Crippen LogP contribution is 2.19. The van der Waals surface area contributed by atoms with Crippen LogP contribution in [0.3, 0.4) is 0 Å². The highest BCUT2D eigenvalue weighted by Gasteiger charge is 2.31. The van der Waals surface area contributed by atoms with Crippen LogP contribution in [0.4, 0.5) is 0 Å². The third-order valence-electron chi connectivity index (χ3n) is 3.29. The number of carbonyl (C=O) groups excluding carboxylic acids is 1. The summed E-state index contributed by atoms with van der Waals surface area (Å²) in [6.07, 6.45) is 0.540. The number of carbonyl (C=O) groups is 1. The Bertz CT molecular complexity index is 313. The molecule has 0 aromatic heterocycles. The van der Waals surface area contributed by atoms with E-state index in [0.717, 1.165) is 13.1 Å². The van der Waals surface area contributed by atoms with E-state index in [1.165, 1.54) is 0 Å². The number of hydrogen-bond donors (Lipinski definition) is 1. The van der Waals surface area contributed by atoms with E-state index in [9.17, 15) is 4.79 Å². The molecule has 1 amide bonds. The van der Waals surface area contributed by atoms with E-state index in [1.807, 2.05) is 14.0 Å². The summed E-state index contributed by atoms with van der Waals surface area (Å²) in [5, 5.41) is 11.8. The Kier molecular flexibility index (Phi) is 4.91. The van der Waals surface area contributed by atoms with Crippen LogP contribution in [0.5, 0.6) is 0 Å². The molecule has 0 saturated carbocycles. The first-order valence-electron chi connectivity index (χ1n) is 6.01. The van der Waals surface area contributed by atoms with E-state index in [2.05, 4.69) is 16.3 Å². The topological polar surface area (TPSA) is 65.4 Å². The number of morpholine rings is 1. The van der Waals surface area contributed by atoms with Gasteiger partial charge in [0.25, 0.3) is 0 Å². The molecule has 0 aromatic carbocycles. The summed E-state index contributed by atoms with van der Waals surface area (Å²) in [5.74, 6) is -0.209. The van der Waals surface area contributed by atoms with E-state index < -0.39 is 5.41 Å². The van der Waals surface area contributed by atoms with Crippen molar-refractivity contribution in [2.24, 2.45) is 5.41 Å². The van der Waals surface area contributed by atoms with E-state index in [4.69, 9.17) is 10.00 Å². The van der Waals surface area contributed by atoms with Gasteiger partial charge in [-0.25, -0.2) is 0 Å². The molecule has 1 heterocycles. The fourth-order valence-corrected chi connectivity index (χ4v) is 1.68. The summed E-state index contributed by atoms with van der Waals surface area (Å²) in [6.45, 7) is 6.41. The molecule has 1 aliphatic heterocycles. The van der Waals surface area contributed by atoms with Crippen molar-refractivity contribution in [3.8, 4) is 6.07 Å². The largest absolute Gasteiger partial charge is 0.374 e. The molecule has 1 rings (SSSR count). The van der Waals surface area contributed by atoms with Gasteiger partial charge in [-0.05, 0) is 20.4 Å². The van der Waals surface area contributed by atoms with Crippen LogP contribution in [0.25, 0.3) is 0 Å². The molecule has 2 unspecified atom stereocenters. The number of nitrogens with one attached hydrogen (secondary N) is 1. The quantitative estimate of drug-likeness (QED) is 0.770. The molecule has 0 radical (unpaired) electrons. The van der Waals surface area contributed by atoms with Gasteiger partial charge >= 0.3 is 0 Å². The first-order valence-corrected chi connectivity index (χ1v) is 6.01. The normalized spacial score (nSPS) is 24.7. The van der Waals surface area contributed by atoms with Gasteiger partial charge < -0.3 is 15.0 Å². The minimum Gasteiger partial charge on any atom is -0.374 e. The van der Waals surface area contributed by atoms with Crippen molar-refractivity contribution in [1.29, 1.82) is 5.26 Å². The molecule has 1 N–H and O–H groups in total. The number of hydrogen-bond acceptors (Lipinski definition) is 4. The van der Waals surface area contributed by atoms with Crippen molar-refractivity contribution >= 4 is 5.91 Å². The SMILES string of the molecule is CCC(C)(C#N)C(=O)NCC1CN(C)CCO1. The molecule has 1 aliphatic rings. The van der Waals surface area contributed by atoms with Crippen molar-refractivity contribution in [3.63, 3.8) is 0 Å². The molecule has 0 aliphatic carbocycles. The highest BCUT2D eigenvalue weighted by atomic mass is 16.5. The van der Waals surface area contributed by atoms with Crippen LogP contribution in [0.2, 0.25) is 0 Å². The Morgan fingerprint density at radius 3 is 2.94 bits per heavy atom. The average molecular weight is 239 g/mol. The number of rotatable bonds is 4. The average Bonchev–Trinajstić information content (AvgIpc) is 2.35. The third kappa shape index (κ3) is 3.69. The highest BCUT2D eigenvalue weighted by molar-refractivity contribution is 5.84. The zero-order valence-corrected chi connectivity index (χ0v) is 10.8. The van der Waals surface area contributed by atoms with Crippen LogP contribution >= 0.6 is 0 Å². The first-order chi connectivity index (χ1) is 8.01.